The summed E-state index contributed by atoms with van der Waals surface area (Å²) >= 11 is 17.7. The van der Waals surface area contributed by atoms with Crippen molar-refractivity contribution >= 4 is 40.6 Å². The van der Waals surface area contributed by atoms with Crippen molar-refractivity contribution in [3.8, 4) is 11.4 Å². The van der Waals surface area contributed by atoms with Crippen LogP contribution in [-0.2, 0) is 24.2 Å². The Kier molecular flexibility index (Phi) is 7.24. The van der Waals surface area contributed by atoms with Crippen molar-refractivity contribution in [3.05, 3.63) is 68.7 Å². The summed E-state index contributed by atoms with van der Waals surface area (Å²) < 4.78 is 15.2. The fourth-order valence-corrected chi connectivity index (χ4v) is 3.53. The Bertz CT molecular complexity index is 1020. The molecule has 0 amide bonds. The summed E-state index contributed by atoms with van der Waals surface area (Å²) in [5, 5.41) is 14.6. The number of Topliss-reactive ketones (excluding diaryl/α,β-unsaturated/α-hetero) is 1. The van der Waals surface area contributed by atoms with Crippen molar-refractivity contribution < 1.29 is 14.3 Å². The van der Waals surface area contributed by atoms with Gasteiger partial charge in [-0.15, -0.1) is 0 Å². The number of ketones is 1. The number of benzene rings is 2. The minimum atomic E-state index is -0.583. The quantitative estimate of drug-likeness (QED) is 0.529. The topological polar surface area (TPSA) is 68.0 Å². The molecule has 0 spiro atoms. The van der Waals surface area contributed by atoms with Crippen LogP contribution in [0.25, 0.3) is 11.4 Å². The van der Waals surface area contributed by atoms with Crippen LogP contribution < -0.4 is 0 Å². The Morgan fingerprint density at radius 1 is 1.10 bits per heavy atom. The predicted molar refractivity (Wildman–Crippen MR) is 111 cm³/mol. The Morgan fingerprint density at radius 2 is 1.83 bits per heavy atom. The van der Waals surface area contributed by atoms with E-state index in [1.807, 2.05) is 0 Å². The lowest BCUT2D eigenvalue weighted by molar-refractivity contribution is -0.118. The van der Waals surface area contributed by atoms with Gasteiger partial charge in [-0.05, 0) is 48.4 Å². The molecule has 0 unspecified atom stereocenters. The minimum Gasteiger partial charge on any atom is -0.394 e. The molecule has 2 aromatic carbocycles. The minimum absolute atomic E-state index is 0.0000564. The average molecular weight is 457 g/mol. The molecule has 0 saturated heterocycles. The standard InChI is InChI=1S/C20H17Cl3FN3O2/c21-14-7-12(8-15(22)10-14)1-3-16(29)11-19-25-20(26-27(19)5-6-28)13-2-4-17(23)18(24)9-13/h2,4,7-10,28H,1,3,5-6,11H2. The highest BCUT2D eigenvalue weighted by molar-refractivity contribution is 6.34. The van der Waals surface area contributed by atoms with Crippen molar-refractivity contribution in [2.45, 2.75) is 25.8 Å². The molecule has 0 aliphatic carbocycles. The van der Waals surface area contributed by atoms with Gasteiger partial charge in [-0.25, -0.2) is 14.1 Å². The Labute approximate surface area is 182 Å². The molecule has 9 heteroatoms. The Hall–Kier alpha value is -1.99. The molecule has 0 atom stereocenters. The number of rotatable bonds is 8. The van der Waals surface area contributed by atoms with E-state index in [1.54, 1.807) is 24.3 Å². The molecule has 1 heterocycles. The highest BCUT2D eigenvalue weighted by atomic mass is 35.5. The van der Waals surface area contributed by atoms with Gasteiger partial charge in [-0.1, -0.05) is 34.8 Å². The van der Waals surface area contributed by atoms with Crippen molar-refractivity contribution in [3.63, 3.8) is 0 Å². The average Bonchev–Trinajstić information content (AvgIpc) is 3.04. The number of aromatic nitrogens is 3. The first kappa shape index (κ1) is 21.7. The van der Waals surface area contributed by atoms with Gasteiger partial charge in [0.25, 0.3) is 0 Å². The summed E-state index contributed by atoms with van der Waals surface area (Å²) in [5.41, 5.74) is 1.30. The van der Waals surface area contributed by atoms with Crippen LogP contribution in [0.5, 0.6) is 0 Å². The molecular weight excluding hydrogens is 440 g/mol. The first-order valence-electron chi connectivity index (χ1n) is 8.82. The number of aliphatic hydroxyl groups excluding tert-OH is 1. The second-order valence-electron chi connectivity index (χ2n) is 6.42. The molecule has 0 radical (unpaired) electrons. The van der Waals surface area contributed by atoms with Crippen LogP contribution in [0.15, 0.2) is 36.4 Å². The second-order valence-corrected chi connectivity index (χ2v) is 7.70. The van der Waals surface area contributed by atoms with Gasteiger partial charge >= 0.3 is 0 Å². The highest BCUT2D eigenvalue weighted by Gasteiger charge is 2.16. The van der Waals surface area contributed by atoms with Crippen LogP contribution in [0.1, 0.15) is 17.8 Å². The van der Waals surface area contributed by atoms with Crippen LogP contribution in [0.2, 0.25) is 15.1 Å². The van der Waals surface area contributed by atoms with Crippen LogP contribution >= 0.6 is 34.8 Å². The number of aryl methyl sites for hydroxylation is 1. The fourth-order valence-electron chi connectivity index (χ4n) is 2.84. The zero-order chi connectivity index (χ0) is 21.0. The summed E-state index contributed by atoms with van der Waals surface area (Å²) in [6.07, 6.45) is 0.799. The van der Waals surface area contributed by atoms with Crippen LogP contribution in [0.4, 0.5) is 4.39 Å². The normalized spacial score (nSPS) is 11.1. The molecule has 3 aromatic rings. The lowest BCUT2D eigenvalue weighted by Gasteiger charge is -2.05. The van der Waals surface area contributed by atoms with E-state index in [4.69, 9.17) is 34.8 Å². The largest absolute Gasteiger partial charge is 0.394 e. The number of carbonyl (C=O) groups is 1. The van der Waals surface area contributed by atoms with E-state index in [2.05, 4.69) is 10.1 Å². The first-order chi connectivity index (χ1) is 13.9. The molecule has 0 aliphatic heterocycles. The van der Waals surface area contributed by atoms with Crippen molar-refractivity contribution in [2.24, 2.45) is 0 Å². The second kappa shape index (κ2) is 9.67. The summed E-state index contributed by atoms with van der Waals surface area (Å²) in [5.74, 6) is 0.0268. The van der Waals surface area contributed by atoms with E-state index in [0.717, 1.165) is 5.56 Å². The lowest BCUT2D eigenvalue weighted by atomic mass is 10.1. The van der Waals surface area contributed by atoms with E-state index in [1.165, 1.54) is 16.8 Å². The number of halogens is 4. The molecule has 1 N–H and O–H groups in total. The summed E-state index contributed by atoms with van der Waals surface area (Å²) in [6, 6.07) is 9.41. The summed E-state index contributed by atoms with van der Waals surface area (Å²) in [6.45, 7) is 0.00949. The van der Waals surface area contributed by atoms with Crippen LogP contribution in [0, 0.1) is 5.82 Å². The SMILES string of the molecule is O=C(CCc1cc(Cl)cc(Cl)c1)Cc1nc(-c2ccc(Cl)c(F)c2)nn1CCO. The van der Waals surface area contributed by atoms with Gasteiger partial charge in [0, 0.05) is 22.0 Å². The van der Waals surface area contributed by atoms with Crippen LogP contribution in [0.3, 0.4) is 0 Å². The monoisotopic (exact) mass is 455 g/mol. The molecule has 1 aromatic heterocycles. The number of hydrogen-bond acceptors (Lipinski definition) is 4. The molecule has 0 fully saturated rings. The van der Waals surface area contributed by atoms with Crippen molar-refractivity contribution in [1.82, 2.24) is 14.8 Å². The maximum absolute atomic E-state index is 13.7. The molecule has 5 nitrogen and oxygen atoms in total. The van der Waals surface area contributed by atoms with Crippen LogP contribution in [-0.4, -0.2) is 32.3 Å². The van der Waals surface area contributed by atoms with E-state index < -0.39 is 5.82 Å². The molecule has 0 aliphatic rings. The Morgan fingerprint density at radius 3 is 2.48 bits per heavy atom. The predicted octanol–water partition coefficient (Wildman–Crippen LogP) is 4.78. The van der Waals surface area contributed by atoms with Gasteiger partial charge in [-0.3, -0.25) is 4.79 Å². The third-order valence-electron chi connectivity index (χ3n) is 4.21. The van der Waals surface area contributed by atoms with Gasteiger partial charge in [0.05, 0.1) is 24.6 Å². The van der Waals surface area contributed by atoms with Gasteiger partial charge < -0.3 is 5.11 Å². The Balaban J connectivity index is 1.74. The van der Waals surface area contributed by atoms with Gasteiger partial charge in [0.1, 0.15) is 17.4 Å². The maximum atomic E-state index is 13.7. The molecule has 0 saturated carbocycles. The van der Waals surface area contributed by atoms with Crippen molar-refractivity contribution in [2.75, 3.05) is 6.61 Å². The van der Waals surface area contributed by atoms with E-state index in [0.29, 0.717) is 27.9 Å². The zero-order valence-electron chi connectivity index (χ0n) is 15.2. The smallest absolute Gasteiger partial charge is 0.181 e. The number of nitrogens with zero attached hydrogens (tertiary/aromatic N) is 3. The third-order valence-corrected chi connectivity index (χ3v) is 4.95. The molecule has 0 bridgehead atoms. The maximum Gasteiger partial charge on any atom is 0.181 e. The van der Waals surface area contributed by atoms with E-state index in [-0.39, 0.29) is 42.6 Å². The molecular formula is C20H17Cl3FN3O2. The summed E-state index contributed by atoms with van der Waals surface area (Å²) in [4.78, 5) is 16.8. The molecule has 29 heavy (non-hydrogen) atoms. The zero-order valence-corrected chi connectivity index (χ0v) is 17.5. The number of carbonyl (C=O) groups excluding carboxylic acids is 1. The number of aliphatic hydroxyl groups is 1. The lowest BCUT2D eigenvalue weighted by Crippen LogP contribution is -2.13. The van der Waals surface area contributed by atoms with Crippen molar-refractivity contribution in [1.29, 1.82) is 0 Å². The third kappa shape index (κ3) is 5.76. The molecule has 3 rings (SSSR count). The van der Waals surface area contributed by atoms with Gasteiger partial charge in [-0.2, -0.15) is 5.10 Å². The van der Waals surface area contributed by atoms with Gasteiger partial charge in [0.15, 0.2) is 5.82 Å². The highest BCUT2D eigenvalue weighted by Crippen LogP contribution is 2.23. The number of hydrogen-bond donors (Lipinski definition) is 1. The molecule has 152 valence electrons. The fraction of sp³-hybridized carbons (Fsp3) is 0.250. The first-order valence-corrected chi connectivity index (χ1v) is 9.96. The van der Waals surface area contributed by atoms with Gasteiger partial charge in [0.2, 0.25) is 0 Å². The summed E-state index contributed by atoms with van der Waals surface area (Å²) in [7, 11) is 0. The van der Waals surface area contributed by atoms with E-state index >= 15 is 0 Å². The van der Waals surface area contributed by atoms with E-state index in [9.17, 15) is 14.3 Å².